The number of rotatable bonds is 5. The molecule has 1 amide bonds. The van der Waals surface area contributed by atoms with Gasteiger partial charge >= 0.3 is 0 Å². The van der Waals surface area contributed by atoms with Gasteiger partial charge < -0.3 is 5.32 Å². The second-order valence-electron chi connectivity index (χ2n) is 4.52. The van der Waals surface area contributed by atoms with Crippen LogP contribution in [0.3, 0.4) is 0 Å². The van der Waals surface area contributed by atoms with E-state index in [1.807, 2.05) is 0 Å². The first kappa shape index (κ1) is 15.5. The summed E-state index contributed by atoms with van der Waals surface area (Å²) in [5.74, 6) is -0.514. The third kappa shape index (κ3) is 4.05. The van der Waals surface area contributed by atoms with Crippen molar-refractivity contribution in [3.05, 3.63) is 41.0 Å². The molecule has 0 saturated heterocycles. The van der Waals surface area contributed by atoms with Gasteiger partial charge in [0, 0.05) is 23.4 Å². The van der Waals surface area contributed by atoms with Crippen molar-refractivity contribution < 1.29 is 13.2 Å². The molecular weight excluding hydrogens is 314 g/mol. The molecule has 2 aromatic rings. The predicted octanol–water partition coefficient (Wildman–Crippen LogP) is 1.50. The molecule has 6 nitrogen and oxygen atoms in total. The van der Waals surface area contributed by atoms with Gasteiger partial charge in [-0.05, 0) is 6.07 Å². The molecule has 2 rings (SSSR count). The van der Waals surface area contributed by atoms with E-state index in [9.17, 15) is 13.2 Å². The Kier molecular flexibility index (Phi) is 4.64. The highest BCUT2D eigenvalue weighted by Gasteiger charge is 2.17. The van der Waals surface area contributed by atoms with Gasteiger partial charge in [0.25, 0.3) is 5.91 Å². The minimum Gasteiger partial charge on any atom is -0.351 e. The zero-order valence-electron chi connectivity index (χ0n) is 11.3. The summed E-state index contributed by atoms with van der Waals surface area (Å²) in [5.41, 5.74) is 1.47. The largest absolute Gasteiger partial charge is 0.351 e. The molecule has 0 atom stereocenters. The Morgan fingerprint density at radius 2 is 2.10 bits per heavy atom. The Balaban J connectivity index is 2.17. The van der Waals surface area contributed by atoms with Crippen LogP contribution in [-0.4, -0.2) is 43.1 Å². The smallest absolute Gasteiger partial charge is 0.255 e. The lowest BCUT2D eigenvalue weighted by molar-refractivity contribution is 0.0957. The molecule has 21 heavy (non-hydrogen) atoms. The summed E-state index contributed by atoms with van der Waals surface area (Å²) in [6.07, 6.45) is 2.50. The number of hydrogen-bond donors (Lipinski definition) is 2. The second-order valence-corrected chi connectivity index (χ2v) is 7.19. The predicted molar refractivity (Wildman–Crippen MR) is 81.1 cm³/mol. The van der Waals surface area contributed by atoms with E-state index in [1.165, 1.54) is 6.20 Å². The Morgan fingerprint density at radius 1 is 1.38 bits per heavy atom. The van der Waals surface area contributed by atoms with E-state index in [0.717, 1.165) is 6.26 Å². The third-order valence-electron chi connectivity index (χ3n) is 2.79. The van der Waals surface area contributed by atoms with Crippen LogP contribution < -0.4 is 5.32 Å². The van der Waals surface area contributed by atoms with Crippen LogP contribution in [0, 0.1) is 0 Å². The summed E-state index contributed by atoms with van der Waals surface area (Å²) in [6, 6.07) is 7.06. The van der Waals surface area contributed by atoms with Crippen molar-refractivity contribution in [3.8, 4) is 11.3 Å². The quantitative estimate of drug-likeness (QED) is 0.870. The molecule has 0 aliphatic heterocycles. The Hall–Kier alpha value is -1.86. The van der Waals surface area contributed by atoms with E-state index in [2.05, 4.69) is 15.5 Å². The van der Waals surface area contributed by atoms with Gasteiger partial charge in [-0.2, -0.15) is 5.10 Å². The van der Waals surface area contributed by atoms with Crippen LogP contribution in [0.1, 0.15) is 10.4 Å². The maximum absolute atomic E-state index is 12.1. The third-order valence-corrected chi connectivity index (χ3v) is 4.06. The van der Waals surface area contributed by atoms with Crippen LogP contribution in [0.15, 0.2) is 30.5 Å². The molecule has 1 aromatic heterocycles. The number of nitrogens with one attached hydrogen (secondary N) is 2. The van der Waals surface area contributed by atoms with E-state index in [-0.39, 0.29) is 12.3 Å². The van der Waals surface area contributed by atoms with Crippen molar-refractivity contribution in [1.29, 1.82) is 0 Å². The topological polar surface area (TPSA) is 91.9 Å². The lowest BCUT2D eigenvalue weighted by Crippen LogP contribution is -2.28. The number of sulfone groups is 1. The molecule has 1 aromatic carbocycles. The molecule has 0 fully saturated rings. The average molecular weight is 328 g/mol. The van der Waals surface area contributed by atoms with Gasteiger partial charge in [0.2, 0.25) is 0 Å². The minimum atomic E-state index is -3.12. The van der Waals surface area contributed by atoms with E-state index in [0.29, 0.717) is 21.8 Å². The summed E-state index contributed by atoms with van der Waals surface area (Å²) in [6.45, 7) is 0.0464. The highest BCUT2D eigenvalue weighted by molar-refractivity contribution is 7.90. The van der Waals surface area contributed by atoms with Crippen LogP contribution in [-0.2, 0) is 9.84 Å². The maximum Gasteiger partial charge on any atom is 0.255 e. The van der Waals surface area contributed by atoms with Crippen LogP contribution >= 0.6 is 11.6 Å². The van der Waals surface area contributed by atoms with Crippen molar-refractivity contribution in [2.45, 2.75) is 0 Å². The fourth-order valence-electron chi connectivity index (χ4n) is 1.77. The summed E-state index contributed by atoms with van der Waals surface area (Å²) in [5, 5.41) is 9.63. The van der Waals surface area contributed by atoms with E-state index < -0.39 is 15.7 Å². The lowest BCUT2D eigenvalue weighted by atomic mass is 10.1. The van der Waals surface area contributed by atoms with Crippen LogP contribution in [0.5, 0.6) is 0 Å². The van der Waals surface area contributed by atoms with Gasteiger partial charge in [-0.3, -0.25) is 9.89 Å². The van der Waals surface area contributed by atoms with Crippen LogP contribution in [0.25, 0.3) is 11.3 Å². The first-order valence-corrected chi connectivity index (χ1v) is 8.56. The number of aromatic amines is 1. The van der Waals surface area contributed by atoms with Crippen molar-refractivity contribution in [2.24, 2.45) is 0 Å². The van der Waals surface area contributed by atoms with Crippen molar-refractivity contribution in [2.75, 3.05) is 18.6 Å². The van der Waals surface area contributed by atoms with Crippen LogP contribution in [0.2, 0.25) is 5.02 Å². The highest BCUT2D eigenvalue weighted by atomic mass is 35.5. The van der Waals surface area contributed by atoms with Gasteiger partial charge in [-0.1, -0.05) is 29.8 Å². The second kappa shape index (κ2) is 6.28. The molecule has 112 valence electrons. The Bertz CT molecular complexity index is 756. The van der Waals surface area contributed by atoms with Crippen molar-refractivity contribution in [3.63, 3.8) is 0 Å². The first-order valence-electron chi connectivity index (χ1n) is 6.12. The molecule has 0 unspecified atom stereocenters. The van der Waals surface area contributed by atoms with Crippen molar-refractivity contribution >= 4 is 27.3 Å². The van der Waals surface area contributed by atoms with E-state index in [4.69, 9.17) is 11.6 Å². The van der Waals surface area contributed by atoms with Gasteiger partial charge in [-0.15, -0.1) is 0 Å². The SMILES string of the molecule is CS(=O)(=O)CCNC(=O)c1cn[nH]c1-c1ccccc1Cl. The summed E-state index contributed by atoms with van der Waals surface area (Å²) < 4.78 is 22.1. The van der Waals surface area contributed by atoms with Crippen LogP contribution in [0.4, 0.5) is 0 Å². The number of carbonyl (C=O) groups is 1. The highest BCUT2D eigenvalue weighted by Crippen LogP contribution is 2.28. The molecular formula is C13H14ClN3O3S. The van der Waals surface area contributed by atoms with Gasteiger partial charge in [0.05, 0.1) is 23.2 Å². The molecule has 0 saturated carbocycles. The maximum atomic E-state index is 12.1. The zero-order valence-corrected chi connectivity index (χ0v) is 12.8. The number of aromatic nitrogens is 2. The molecule has 0 spiro atoms. The van der Waals surface area contributed by atoms with E-state index in [1.54, 1.807) is 24.3 Å². The molecule has 0 radical (unpaired) electrons. The average Bonchev–Trinajstić information content (AvgIpc) is 2.86. The standard InChI is InChI=1S/C13H14ClN3O3S/c1-21(19,20)7-6-15-13(18)10-8-16-17-12(10)9-4-2-3-5-11(9)14/h2-5,8H,6-7H2,1H3,(H,15,18)(H,16,17). The zero-order chi connectivity index (χ0) is 15.5. The molecule has 2 N–H and O–H groups in total. The van der Waals surface area contributed by atoms with Crippen molar-refractivity contribution in [1.82, 2.24) is 15.5 Å². The normalized spacial score (nSPS) is 11.3. The Labute approximate surface area is 127 Å². The summed E-state index contributed by atoms with van der Waals surface area (Å²) in [7, 11) is -3.12. The summed E-state index contributed by atoms with van der Waals surface area (Å²) >= 11 is 6.10. The number of amides is 1. The Morgan fingerprint density at radius 3 is 2.76 bits per heavy atom. The summed E-state index contributed by atoms with van der Waals surface area (Å²) in [4.78, 5) is 12.1. The number of carbonyl (C=O) groups excluding carboxylic acids is 1. The van der Waals surface area contributed by atoms with Gasteiger partial charge in [-0.25, -0.2) is 8.42 Å². The fraction of sp³-hybridized carbons (Fsp3) is 0.231. The number of nitrogens with zero attached hydrogens (tertiary/aromatic N) is 1. The number of hydrogen-bond acceptors (Lipinski definition) is 4. The number of benzene rings is 1. The fourth-order valence-corrected chi connectivity index (χ4v) is 2.48. The molecule has 0 bridgehead atoms. The monoisotopic (exact) mass is 327 g/mol. The number of H-pyrrole nitrogens is 1. The molecule has 8 heteroatoms. The molecule has 0 aliphatic carbocycles. The number of halogens is 1. The molecule has 1 heterocycles. The first-order chi connectivity index (χ1) is 9.88. The van der Waals surface area contributed by atoms with Gasteiger partial charge in [0.15, 0.2) is 0 Å². The minimum absolute atomic E-state index is 0.0464. The van der Waals surface area contributed by atoms with E-state index >= 15 is 0 Å². The van der Waals surface area contributed by atoms with Gasteiger partial charge in [0.1, 0.15) is 9.84 Å². The molecule has 0 aliphatic rings. The lowest BCUT2D eigenvalue weighted by Gasteiger charge is -2.06.